The van der Waals surface area contributed by atoms with Gasteiger partial charge in [-0.05, 0) is 0 Å². The van der Waals surface area contributed by atoms with Gasteiger partial charge in [-0.25, -0.2) is 0 Å². The van der Waals surface area contributed by atoms with Crippen molar-refractivity contribution in [3.63, 3.8) is 0 Å². The molecule has 2 fully saturated rings. The molecule has 2 heterocycles. The molecule has 0 spiro atoms. The molecule has 4 atom stereocenters. The molecular weight excluding hydrogens is 160 g/mol. The van der Waals surface area contributed by atoms with Gasteiger partial charge in [-0.15, -0.1) is 0 Å². The predicted octanol–water partition coefficient (Wildman–Crippen LogP) is -0.186. The molecule has 12 heavy (non-hydrogen) atoms. The van der Waals surface area contributed by atoms with Gasteiger partial charge in [0.25, 0.3) is 0 Å². The van der Waals surface area contributed by atoms with Crippen molar-refractivity contribution >= 4 is 0 Å². The van der Waals surface area contributed by atoms with E-state index in [0.717, 1.165) is 0 Å². The molecule has 2 saturated heterocycles. The number of hydrogen-bond donors (Lipinski definition) is 0. The second-order valence-electron chi connectivity index (χ2n) is 3.14. The van der Waals surface area contributed by atoms with E-state index in [1.807, 2.05) is 0 Å². The molecule has 2 aliphatic rings. The molecule has 0 aliphatic carbocycles. The third-order valence-corrected chi connectivity index (χ3v) is 2.57. The van der Waals surface area contributed by atoms with E-state index in [1.165, 1.54) is 0 Å². The van der Waals surface area contributed by atoms with Gasteiger partial charge in [0.05, 0.1) is 13.2 Å². The number of ether oxygens (including phenoxy) is 4. The van der Waals surface area contributed by atoms with E-state index in [4.69, 9.17) is 18.9 Å². The summed E-state index contributed by atoms with van der Waals surface area (Å²) in [5.74, 6) is 0. The highest BCUT2D eigenvalue weighted by Crippen LogP contribution is 2.29. The first-order valence-corrected chi connectivity index (χ1v) is 4.15. The average Bonchev–Trinajstić information content (AvgIpc) is 2.62. The lowest BCUT2D eigenvalue weighted by atomic mass is 10.1. The molecule has 70 valence electrons. The van der Waals surface area contributed by atoms with Crippen LogP contribution >= 0.6 is 0 Å². The zero-order chi connectivity index (χ0) is 8.55. The lowest BCUT2D eigenvalue weighted by molar-refractivity contribution is -0.0267. The molecule has 4 nitrogen and oxygen atoms in total. The minimum atomic E-state index is 0.0694. The van der Waals surface area contributed by atoms with Gasteiger partial charge < -0.3 is 18.9 Å². The SMILES string of the molecule is CO[C@H]1COC2C1OC[C@H]2OC. The Morgan fingerprint density at radius 2 is 1.33 bits per heavy atom. The molecule has 0 bridgehead atoms. The summed E-state index contributed by atoms with van der Waals surface area (Å²) in [5, 5.41) is 0. The molecule has 0 aromatic carbocycles. The van der Waals surface area contributed by atoms with E-state index < -0.39 is 0 Å². The number of rotatable bonds is 2. The lowest BCUT2D eigenvalue weighted by Crippen LogP contribution is -2.32. The van der Waals surface area contributed by atoms with Gasteiger partial charge in [0.1, 0.15) is 24.4 Å². The molecule has 2 unspecified atom stereocenters. The predicted molar refractivity (Wildman–Crippen MR) is 41.1 cm³/mol. The van der Waals surface area contributed by atoms with Crippen LogP contribution in [0.1, 0.15) is 0 Å². The van der Waals surface area contributed by atoms with Gasteiger partial charge in [-0.1, -0.05) is 0 Å². The van der Waals surface area contributed by atoms with E-state index >= 15 is 0 Å². The maximum absolute atomic E-state index is 5.51. The van der Waals surface area contributed by atoms with Gasteiger partial charge >= 0.3 is 0 Å². The summed E-state index contributed by atoms with van der Waals surface area (Å²) in [6.45, 7) is 1.23. The van der Waals surface area contributed by atoms with Gasteiger partial charge in [-0.3, -0.25) is 0 Å². The highest BCUT2D eigenvalue weighted by atomic mass is 16.6. The van der Waals surface area contributed by atoms with Crippen molar-refractivity contribution in [2.24, 2.45) is 0 Å². The topological polar surface area (TPSA) is 36.9 Å². The second kappa shape index (κ2) is 3.30. The third kappa shape index (κ3) is 1.15. The van der Waals surface area contributed by atoms with Crippen molar-refractivity contribution in [2.45, 2.75) is 24.4 Å². The van der Waals surface area contributed by atoms with Crippen molar-refractivity contribution in [3.05, 3.63) is 0 Å². The third-order valence-electron chi connectivity index (χ3n) is 2.57. The molecular formula is C8H14O4. The summed E-state index contributed by atoms with van der Waals surface area (Å²) < 4.78 is 21.4. The monoisotopic (exact) mass is 174 g/mol. The van der Waals surface area contributed by atoms with Crippen molar-refractivity contribution < 1.29 is 18.9 Å². The fraction of sp³-hybridized carbons (Fsp3) is 1.00. The van der Waals surface area contributed by atoms with Gasteiger partial charge in [0, 0.05) is 14.2 Å². The standard InChI is InChI=1S/C8H14O4/c1-9-5-3-11-8-6(10-2)4-12-7(5)8/h5-8H,3-4H2,1-2H3/t5-,6+,7?,8?. The first-order valence-electron chi connectivity index (χ1n) is 4.15. The highest BCUT2D eigenvalue weighted by molar-refractivity contribution is 4.95. The van der Waals surface area contributed by atoms with E-state index in [1.54, 1.807) is 14.2 Å². The number of methoxy groups -OCH3 is 2. The van der Waals surface area contributed by atoms with Crippen molar-refractivity contribution in [1.29, 1.82) is 0 Å². The fourth-order valence-corrected chi connectivity index (χ4v) is 1.83. The summed E-state index contributed by atoms with van der Waals surface area (Å²) in [7, 11) is 3.36. The molecule has 0 aromatic heterocycles. The van der Waals surface area contributed by atoms with Crippen LogP contribution in [0.3, 0.4) is 0 Å². The van der Waals surface area contributed by atoms with Crippen LogP contribution in [-0.4, -0.2) is 51.8 Å². The van der Waals surface area contributed by atoms with E-state index in [0.29, 0.717) is 13.2 Å². The zero-order valence-electron chi connectivity index (χ0n) is 7.36. The van der Waals surface area contributed by atoms with Crippen LogP contribution in [0, 0.1) is 0 Å². The molecule has 0 saturated carbocycles. The quantitative estimate of drug-likeness (QED) is 0.581. The summed E-state index contributed by atoms with van der Waals surface area (Å²) in [4.78, 5) is 0. The van der Waals surface area contributed by atoms with Crippen LogP contribution in [0.5, 0.6) is 0 Å². The summed E-state index contributed by atoms with van der Waals surface area (Å²) in [6.07, 6.45) is 0.296. The maximum Gasteiger partial charge on any atom is 0.115 e. The van der Waals surface area contributed by atoms with Crippen LogP contribution in [0.4, 0.5) is 0 Å². The van der Waals surface area contributed by atoms with E-state index in [9.17, 15) is 0 Å². The molecule has 0 N–H and O–H groups in total. The largest absolute Gasteiger partial charge is 0.376 e. The second-order valence-corrected chi connectivity index (χ2v) is 3.14. The van der Waals surface area contributed by atoms with Crippen LogP contribution in [0.25, 0.3) is 0 Å². The fourth-order valence-electron chi connectivity index (χ4n) is 1.83. The van der Waals surface area contributed by atoms with Gasteiger partial charge in [0.15, 0.2) is 0 Å². The van der Waals surface area contributed by atoms with Gasteiger partial charge in [0.2, 0.25) is 0 Å². The summed E-state index contributed by atoms with van der Waals surface area (Å²) in [6, 6.07) is 0. The molecule has 0 radical (unpaired) electrons. The molecule has 2 rings (SSSR count). The molecule has 2 aliphatic heterocycles. The van der Waals surface area contributed by atoms with Crippen molar-refractivity contribution in [3.8, 4) is 0 Å². The summed E-state index contributed by atoms with van der Waals surface area (Å²) >= 11 is 0. The Labute approximate surface area is 71.7 Å². The van der Waals surface area contributed by atoms with Gasteiger partial charge in [-0.2, -0.15) is 0 Å². The Bertz CT molecular complexity index is 143. The van der Waals surface area contributed by atoms with Crippen LogP contribution in [0.2, 0.25) is 0 Å². The smallest absolute Gasteiger partial charge is 0.115 e. The Kier molecular flexibility index (Phi) is 2.32. The lowest BCUT2D eigenvalue weighted by Gasteiger charge is -2.14. The van der Waals surface area contributed by atoms with E-state index in [2.05, 4.69) is 0 Å². The Balaban J connectivity index is 2.01. The van der Waals surface area contributed by atoms with Crippen LogP contribution < -0.4 is 0 Å². The minimum absolute atomic E-state index is 0.0694. The van der Waals surface area contributed by atoms with Crippen molar-refractivity contribution in [2.75, 3.05) is 27.4 Å². The number of fused-ring (bicyclic) bond motifs is 1. The first kappa shape index (κ1) is 8.44. The number of hydrogen-bond acceptors (Lipinski definition) is 4. The van der Waals surface area contributed by atoms with E-state index in [-0.39, 0.29) is 24.4 Å². The van der Waals surface area contributed by atoms with Crippen molar-refractivity contribution in [1.82, 2.24) is 0 Å². The normalized spacial score (nSPS) is 46.5. The first-order chi connectivity index (χ1) is 5.86. The summed E-state index contributed by atoms with van der Waals surface area (Å²) in [5.41, 5.74) is 0. The Morgan fingerprint density at radius 3 is 1.67 bits per heavy atom. The van der Waals surface area contributed by atoms with Crippen LogP contribution in [-0.2, 0) is 18.9 Å². The zero-order valence-corrected chi connectivity index (χ0v) is 7.36. The maximum atomic E-state index is 5.51. The minimum Gasteiger partial charge on any atom is -0.376 e. The molecule has 0 aromatic rings. The Morgan fingerprint density at radius 1 is 0.917 bits per heavy atom. The average molecular weight is 174 g/mol. The highest BCUT2D eigenvalue weighted by Gasteiger charge is 2.48. The molecule has 0 amide bonds. The molecule has 4 heteroatoms. The van der Waals surface area contributed by atoms with Crippen LogP contribution in [0.15, 0.2) is 0 Å². The Hall–Kier alpha value is -0.160.